The number of aromatic nitrogens is 2. The van der Waals surface area contributed by atoms with Crippen LogP contribution in [0, 0.1) is 6.92 Å². The summed E-state index contributed by atoms with van der Waals surface area (Å²) < 4.78 is 10.8. The normalized spacial score (nSPS) is 19.9. The molecule has 1 aliphatic rings. The third-order valence-corrected chi connectivity index (χ3v) is 2.88. The summed E-state index contributed by atoms with van der Waals surface area (Å²) in [5, 5.41) is 3.13. The number of likely N-dealkylation sites (N-methyl/N-ethyl adjacent to an activating group) is 1. The number of rotatable bonds is 4. The summed E-state index contributed by atoms with van der Waals surface area (Å²) in [7, 11) is 3.54. The van der Waals surface area contributed by atoms with Crippen molar-refractivity contribution >= 4 is 5.95 Å². The van der Waals surface area contributed by atoms with E-state index in [-0.39, 0.29) is 6.10 Å². The Balaban J connectivity index is 2.12. The summed E-state index contributed by atoms with van der Waals surface area (Å²) >= 11 is 0. The zero-order chi connectivity index (χ0) is 13.0. The first-order chi connectivity index (χ1) is 8.72. The average molecular weight is 252 g/mol. The summed E-state index contributed by atoms with van der Waals surface area (Å²) in [5.74, 6) is 1.32. The van der Waals surface area contributed by atoms with Crippen molar-refractivity contribution in [2.75, 3.05) is 45.3 Å². The Morgan fingerprint density at radius 1 is 1.56 bits per heavy atom. The summed E-state index contributed by atoms with van der Waals surface area (Å²) in [6.07, 6.45) is 0.179. The van der Waals surface area contributed by atoms with Gasteiger partial charge in [-0.05, 0) is 14.0 Å². The van der Waals surface area contributed by atoms with Gasteiger partial charge in [-0.15, -0.1) is 0 Å². The van der Waals surface area contributed by atoms with Crippen molar-refractivity contribution in [3.8, 4) is 5.88 Å². The zero-order valence-corrected chi connectivity index (χ0v) is 11.1. The Morgan fingerprint density at radius 3 is 3.11 bits per heavy atom. The van der Waals surface area contributed by atoms with Crippen LogP contribution >= 0.6 is 0 Å². The summed E-state index contributed by atoms with van der Waals surface area (Å²) in [5.41, 5.74) is 0.911. The minimum atomic E-state index is 0.179. The second-order valence-electron chi connectivity index (χ2n) is 4.35. The first kappa shape index (κ1) is 13.0. The maximum atomic E-state index is 5.67. The van der Waals surface area contributed by atoms with Gasteiger partial charge in [-0.25, -0.2) is 4.98 Å². The molecule has 1 fully saturated rings. The Hall–Kier alpha value is -1.40. The fraction of sp³-hybridized carbons (Fsp3) is 0.667. The lowest BCUT2D eigenvalue weighted by atomic mass is 10.3. The molecule has 0 radical (unpaired) electrons. The maximum absolute atomic E-state index is 5.67. The van der Waals surface area contributed by atoms with Crippen LogP contribution in [0.25, 0.3) is 0 Å². The number of anilines is 1. The van der Waals surface area contributed by atoms with E-state index in [0.29, 0.717) is 12.5 Å². The molecule has 0 amide bonds. The highest BCUT2D eigenvalue weighted by atomic mass is 16.5. The first-order valence-corrected chi connectivity index (χ1v) is 6.13. The van der Waals surface area contributed by atoms with Crippen LogP contribution in [0.5, 0.6) is 5.88 Å². The molecule has 18 heavy (non-hydrogen) atoms. The van der Waals surface area contributed by atoms with Crippen LogP contribution < -0.4 is 15.0 Å². The van der Waals surface area contributed by atoms with E-state index in [4.69, 9.17) is 9.47 Å². The van der Waals surface area contributed by atoms with Gasteiger partial charge >= 0.3 is 0 Å². The minimum Gasteiger partial charge on any atom is -0.481 e. The Kier molecular flexibility index (Phi) is 4.33. The fourth-order valence-electron chi connectivity index (χ4n) is 2.02. The van der Waals surface area contributed by atoms with Gasteiger partial charge in [-0.1, -0.05) is 0 Å². The number of ether oxygens (including phenoxy) is 2. The molecule has 1 unspecified atom stereocenters. The van der Waals surface area contributed by atoms with Gasteiger partial charge in [0.05, 0.1) is 19.8 Å². The molecule has 1 aliphatic heterocycles. The monoisotopic (exact) mass is 252 g/mol. The van der Waals surface area contributed by atoms with E-state index in [1.807, 2.05) is 20.0 Å². The van der Waals surface area contributed by atoms with Gasteiger partial charge in [0.15, 0.2) is 0 Å². The van der Waals surface area contributed by atoms with E-state index in [2.05, 4.69) is 20.2 Å². The molecule has 2 rings (SSSR count). The minimum absolute atomic E-state index is 0.179. The van der Waals surface area contributed by atoms with Crippen molar-refractivity contribution < 1.29 is 9.47 Å². The smallest absolute Gasteiger partial charge is 0.229 e. The largest absolute Gasteiger partial charge is 0.481 e. The van der Waals surface area contributed by atoms with Gasteiger partial charge in [0.25, 0.3) is 0 Å². The lowest BCUT2D eigenvalue weighted by molar-refractivity contribution is 0.0415. The molecule has 1 aromatic heterocycles. The van der Waals surface area contributed by atoms with Crippen LogP contribution in [-0.2, 0) is 4.74 Å². The van der Waals surface area contributed by atoms with E-state index in [9.17, 15) is 0 Å². The highest BCUT2D eigenvalue weighted by molar-refractivity contribution is 5.35. The summed E-state index contributed by atoms with van der Waals surface area (Å²) in [6, 6.07) is 1.83. The summed E-state index contributed by atoms with van der Waals surface area (Å²) in [6.45, 7) is 5.09. The molecule has 0 aromatic carbocycles. The van der Waals surface area contributed by atoms with Gasteiger partial charge in [-0.3, -0.25) is 0 Å². The average Bonchev–Trinajstić information content (AvgIpc) is 2.39. The van der Waals surface area contributed by atoms with Crippen LogP contribution in [0.15, 0.2) is 6.07 Å². The van der Waals surface area contributed by atoms with E-state index in [1.165, 1.54) is 0 Å². The number of methoxy groups -OCH3 is 1. The van der Waals surface area contributed by atoms with Crippen molar-refractivity contribution in [3.05, 3.63) is 11.8 Å². The number of morpholine rings is 1. The highest BCUT2D eigenvalue weighted by Gasteiger charge is 2.22. The first-order valence-electron chi connectivity index (χ1n) is 6.13. The molecule has 0 saturated carbocycles. The molecule has 1 N–H and O–H groups in total. The van der Waals surface area contributed by atoms with E-state index in [0.717, 1.165) is 31.3 Å². The second kappa shape index (κ2) is 5.97. The number of nitrogens with one attached hydrogen (secondary N) is 1. The van der Waals surface area contributed by atoms with Crippen molar-refractivity contribution in [2.45, 2.75) is 13.0 Å². The van der Waals surface area contributed by atoms with Crippen molar-refractivity contribution in [1.29, 1.82) is 0 Å². The predicted molar refractivity (Wildman–Crippen MR) is 69.2 cm³/mol. The van der Waals surface area contributed by atoms with Gasteiger partial charge in [-0.2, -0.15) is 4.98 Å². The number of nitrogens with zero attached hydrogens (tertiary/aromatic N) is 3. The van der Waals surface area contributed by atoms with Crippen LogP contribution in [-0.4, -0.2) is 56.5 Å². The molecule has 1 saturated heterocycles. The number of aryl methyl sites for hydroxylation is 1. The SMILES string of the molecule is CNCC1CN(c2nc(C)cc(OC)n2)CCO1. The zero-order valence-electron chi connectivity index (χ0n) is 11.1. The third kappa shape index (κ3) is 3.08. The summed E-state index contributed by atoms with van der Waals surface area (Å²) in [4.78, 5) is 11.0. The van der Waals surface area contributed by atoms with Crippen LogP contribution in [0.1, 0.15) is 5.69 Å². The second-order valence-corrected chi connectivity index (χ2v) is 4.35. The molecule has 0 bridgehead atoms. The molecule has 1 aromatic rings. The molecule has 1 atom stereocenters. The lowest BCUT2D eigenvalue weighted by Gasteiger charge is -2.33. The predicted octanol–water partition coefficient (Wildman–Crippen LogP) is 0.218. The molecule has 6 nitrogen and oxygen atoms in total. The van der Waals surface area contributed by atoms with Gasteiger partial charge < -0.3 is 19.7 Å². The molecule has 6 heteroatoms. The molecule has 2 heterocycles. The number of hydrogen-bond donors (Lipinski definition) is 1. The van der Waals surface area contributed by atoms with Gasteiger partial charge in [0.1, 0.15) is 0 Å². The quantitative estimate of drug-likeness (QED) is 0.827. The van der Waals surface area contributed by atoms with Crippen LogP contribution in [0.4, 0.5) is 5.95 Å². The Bertz CT molecular complexity index is 398. The van der Waals surface area contributed by atoms with Gasteiger partial charge in [0, 0.05) is 31.4 Å². The van der Waals surface area contributed by atoms with E-state index >= 15 is 0 Å². The topological polar surface area (TPSA) is 59.5 Å². The molecule has 100 valence electrons. The van der Waals surface area contributed by atoms with E-state index < -0.39 is 0 Å². The molecular formula is C12H20N4O2. The van der Waals surface area contributed by atoms with Crippen molar-refractivity contribution in [1.82, 2.24) is 15.3 Å². The Labute approximate surface area is 107 Å². The lowest BCUT2D eigenvalue weighted by Crippen LogP contribution is -2.46. The number of hydrogen-bond acceptors (Lipinski definition) is 6. The molecule has 0 spiro atoms. The maximum Gasteiger partial charge on any atom is 0.229 e. The molecular weight excluding hydrogens is 232 g/mol. The molecule has 0 aliphatic carbocycles. The highest BCUT2D eigenvalue weighted by Crippen LogP contribution is 2.17. The third-order valence-electron chi connectivity index (χ3n) is 2.88. The van der Waals surface area contributed by atoms with Crippen molar-refractivity contribution in [2.24, 2.45) is 0 Å². The Morgan fingerprint density at radius 2 is 2.39 bits per heavy atom. The van der Waals surface area contributed by atoms with Crippen LogP contribution in [0.2, 0.25) is 0 Å². The van der Waals surface area contributed by atoms with E-state index in [1.54, 1.807) is 7.11 Å². The van der Waals surface area contributed by atoms with Crippen molar-refractivity contribution in [3.63, 3.8) is 0 Å². The van der Waals surface area contributed by atoms with Gasteiger partial charge in [0.2, 0.25) is 11.8 Å². The standard InChI is InChI=1S/C12H20N4O2/c1-9-6-11(17-3)15-12(14-9)16-4-5-18-10(8-16)7-13-2/h6,10,13H,4-5,7-8H2,1-3H3. The fourth-order valence-corrected chi connectivity index (χ4v) is 2.02. The van der Waals surface area contributed by atoms with Crippen LogP contribution in [0.3, 0.4) is 0 Å².